The molecule has 27 heavy (non-hydrogen) atoms. The minimum absolute atomic E-state index is 0.0375. The number of benzene rings is 1. The summed E-state index contributed by atoms with van der Waals surface area (Å²) in [5.74, 6) is 0.0375. The van der Waals surface area contributed by atoms with Crippen LogP contribution in [0.4, 0.5) is 13.2 Å². The molecule has 0 bridgehead atoms. The van der Waals surface area contributed by atoms with E-state index in [4.69, 9.17) is 0 Å². The molecule has 2 aliphatic rings. The van der Waals surface area contributed by atoms with Gasteiger partial charge in [0.05, 0.1) is 5.56 Å². The lowest BCUT2D eigenvalue weighted by Gasteiger charge is -2.48. The Bertz CT molecular complexity index is 815. The second-order valence-corrected chi connectivity index (χ2v) is 7.55. The first-order chi connectivity index (χ1) is 12.8. The lowest BCUT2D eigenvalue weighted by molar-refractivity contribution is -0.137. The number of hydrogen-bond donors (Lipinski definition) is 0. The number of alkyl halides is 3. The highest BCUT2D eigenvalue weighted by atomic mass is 19.4. The standard InChI is InChI=1S/C20H20F3N3O/c21-20(22,23)17-3-1-15(2-4-17)11-25-12-19(13-25)7-10-26(14-19)18(27)16-5-8-24-9-6-16/h1-6,8-9H,7,10-14H2. The molecule has 0 unspecified atom stereocenters. The van der Waals surface area contributed by atoms with Crippen molar-refractivity contribution < 1.29 is 18.0 Å². The normalized spacial score (nSPS) is 19.3. The summed E-state index contributed by atoms with van der Waals surface area (Å²) < 4.78 is 37.9. The van der Waals surface area contributed by atoms with Crippen LogP contribution < -0.4 is 0 Å². The van der Waals surface area contributed by atoms with E-state index in [2.05, 4.69) is 9.88 Å². The van der Waals surface area contributed by atoms with E-state index in [0.717, 1.165) is 50.3 Å². The third-order valence-corrected chi connectivity index (χ3v) is 5.46. The van der Waals surface area contributed by atoms with Crippen molar-refractivity contribution in [2.24, 2.45) is 5.41 Å². The molecule has 0 atom stereocenters. The summed E-state index contributed by atoms with van der Waals surface area (Å²) in [5, 5.41) is 0. The van der Waals surface area contributed by atoms with Gasteiger partial charge >= 0.3 is 6.18 Å². The van der Waals surface area contributed by atoms with Crippen molar-refractivity contribution in [3.63, 3.8) is 0 Å². The molecule has 2 fully saturated rings. The molecule has 2 aliphatic heterocycles. The molecule has 2 aromatic rings. The minimum atomic E-state index is -4.30. The van der Waals surface area contributed by atoms with Crippen molar-refractivity contribution in [3.05, 3.63) is 65.5 Å². The summed E-state index contributed by atoms with van der Waals surface area (Å²) in [7, 11) is 0. The van der Waals surface area contributed by atoms with Crippen molar-refractivity contribution in [3.8, 4) is 0 Å². The number of nitrogens with zero attached hydrogens (tertiary/aromatic N) is 3. The Labute approximate surface area is 155 Å². The zero-order chi connectivity index (χ0) is 19.1. The van der Waals surface area contributed by atoms with Gasteiger partial charge in [-0.25, -0.2) is 0 Å². The van der Waals surface area contributed by atoms with E-state index in [1.54, 1.807) is 36.7 Å². The zero-order valence-corrected chi connectivity index (χ0v) is 14.7. The SMILES string of the molecule is O=C(c1ccncc1)N1CCC2(CN(Cc3ccc(C(F)(F)F)cc3)C2)C1. The third-order valence-electron chi connectivity index (χ3n) is 5.46. The molecule has 4 rings (SSSR count). The van der Waals surface area contributed by atoms with Crippen LogP contribution in [0.5, 0.6) is 0 Å². The molecule has 7 heteroatoms. The Morgan fingerprint density at radius 1 is 1.04 bits per heavy atom. The van der Waals surface area contributed by atoms with E-state index in [1.807, 2.05) is 4.90 Å². The number of carbonyl (C=O) groups excluding carboxylic acids is 1. The predicted octanol–water partition coefficient (Wildman–Crippen LogP) is 3.45. The van der Waals surface area contributed by atoms with Gasteiger partial charge in [-0.3, -0.25) is 14.7 Å². The predicted molar refractivity (Wildman–Crippen MR) is 93.9 cm³/mol. The first kappa shape index (κ1) is 18.0. The van der Waals surface area contributed by atoms with Gasteiger partial charge in [0.25, 0.3) is 5.91 Å². The van der Waals surface area contributed by atoms with Gasteiger partial charge in [-0.15, -0.1) is 0 Å². The van der Waals surface area contributed by atoms with Crippen LogP contribution in [0.25, 0.3) is 0 Å². The van der Waals surface area contributed by atoms with Crippen LogP contribution in [0, 0.1) is 5.41 Å². The average Bonchev–Trinajstić information content (AvgIpc) is 3.07. The fraction of sp³-hybridized carbons (Fsp3) is 0.400. The van der Waals surface area contributed by atoms with Gasteiger partial charge in [-0.05, 0) is 36.2 Å². The molecule has 1 spiro atoms. The van der Waals surface area contributed by atoms with Crippen molar-refractivity contribution in [1.82, 2.24) is 14.8 Å². The third kappa shape index (κ3) is 3.69. The van der Waals surface area contributed by atoms with Gasteiger partial charge in [-0.2, -0.15) is 13.2 Å². The molecule has 142 valence electrons. The lowest BCUT2D eigenvalue weighted by atomic mass is 9.79. The van der Waals surface area contributed by atoms with Crippen LogP contribution in [0.1, 0.15) is 27.9 Å². The maximum absolute atomic E-state index is 12.6. The summed E-state index contributed by atoms with van der Waals surface area (Å²) in [6.45, 7) is 3.85. The van der Waals surface area contributed by atoms with E-state index in [1.165, 1.54) is 0 Å². The number of likely N-dealkylation sites (tertiary alicyclic amines) is 2. The van der Waals surface area contributed by atoms with Crippen LogP contribution in [0.15, 0.2) is 48.8 Å². The van der Waals surface area contributed by atoms with Crippen LogP contribution in [0.3, 0.4) is 0 Å². The van der Waals surface area contributed by atoms with Crippen LogP contribution >= 0.6 is 0 Å². The molecule has 0 radical (unpaired) electrons. The number of aromatic nitrogens is 1. The van der Waals surface area contributed by atoms with Gasteiger partial charge in [0, 0.05) is 56.1 Å². The number of rotatable bonds is 3. The van der Waals surface area contributed by atoms with Gasteiger partial charge in [0.2, 0.25) is 0 Å². The van der Waals surface area contributed by atoms with E-state index < -0.39 is 11.7 Å². The molecule has 1 amide bonds. The fourth-order valence-electron chi connectivity index (χ4n) is 4.12. The highest BCUT2D eigenvalue weighted by molar-refractivity contribution is 5.94. The van der Waals surface area contributed by atoms with Gasteiger partial charge in [-0.1, -0.05) is 12.1 Å². The van der Waals surface area contributed by atoms with Crippen LogP contribution in [0.2, 0.25) is 0 Å². The van der Waals surface area contributed by atoms with Crippen molar-refractivity contribution >= 4 is 5.91 Å². The van der Waals surface area contributed by atoms with Crippen LogP contribution in [-0.2, 0) is 12.7 Å². The van der Waals surface area contributed by atoms with Gasteiger partial charge < -0.3 is 4.90 Å². The molecule has 4 nitrogen and oxygen atoms in total. The molecule has 3 heterocycles. The molecule has 0 saturated carbocycles. The molecule has 1 aromatic carbocycles. The summed E-state index contributed by atoms with van der Waals surface area (Å²) >= 11 is 0. The number of halogens is 3. The van der Waals surface area contributed by atoms with Crippen LogP contribution in [-0.4, -0.2) is 46.9 Å². The number of hydrogen-bond acceptors (Lipinski definition) is 3. The second-order valence-electron chi connectivity index (χ2n) is 7.55. The molecular formula is C20H20F3N3O. The summed E-state index contributed by atoms with van der Waals surface area (Å²) in [5.41, 5.74) is 1.03. The maximum atomic E-state index is 12.6. The van der Waals surface area contributed by atoms with Gasteiger partial charge in [0.1, 0.15) is 0 Å². The maximum Gasteiger partial charge on any atom is 0.416 e. The second kappa shape index (κ2) is 6.64. The first-order valence-corrected chi connectivity index (χ1v) is 8.93. The average molecular weight is 375 g/mol. The molecule has 0 aliphatic carbocycles. The fourth-order valence-corrected chi connectivity index (χ4v) is 4.12. The Morgan fingerprint density at radius 2 is 1.70 bits per heavy atom. The molecule has 0 N–H and O–H groups in total. The Balaban J connectivity index is 1.31. The number of amides is 1. The highest BCUT2D eigenvalue weighted by Gasteiger charge is 2.48. The Hall–Kier alpha value is -2.41. The van der Waals surface area contributed by atoms with Crippen molar-refractivity contribution in [1.29, 1.82) is 0 Å². The Kier molecular flexibility index (Phi) is 4.42. The molecular weight excluding hydrogens is 355 g/mol. The van der Waals surface area contributed by atoms with E-state index in [9.17, 15) is 18.0 Å². The molecule has 2 saturated heterocycles. The first-order valence-electron chi connectivity index (χ1n) is 8.93. The number of carbonyl (C=O) groups is 1. The van der Waals surface area contributed by atoms with Gasteiger partial charge in [0.15, 0.2) is 0 Å². The van der Waals surface area contributed by atoms with E-state index in [0.29, 0.717) is 12.1 Å². The lowest BCUT2D eigenvalue weighted by Crippen LogP contribution is -2.57. The van der Waals surface area contributed by atoms with E-state index in [-0.39, 0.29) is 11.3 Å². The summed E-state index contributed by atoms with van der Waals surface area (Å²) in [6.07, 6.45) is -0.0935. The minimum Gasteiger partial charge on any atom is -0.338 e. The monoisotopic (exact) mass is 375 g/mol. The molecule has 1 aromatic heterocycles. The van der Waals surface area contributed by atoms with E-state index >= 15 is 0 Å². The summed E-state index contributed by atoms with van der Waals surface area (Å²) in [6, 6.07) is 8.81. The number of pyridine rings is 1. The highest BCUT2D eigenvalue weighted by Crippen LogP contribution is 2.40. The topological polar surface area (TPSA) is 36.4 Å². The Morgan fingerprint density at radius 3 is 2.33 bits per heavy atom. The smallest absolute Gasteiger partial charge is 0.338 e. The largest absolute Gasteiger partial charge is 0.416 e. The van der Waals surface area contributed by atoms with Crippen molar-refractivity contribution in [2.45, 2.75) is 19.1 Å². The zero-order valence-electron chi connectivity index (χ0n) is 14.7. The summed E-state index contributed by atoms with van der Waals surface area (Å²) in [4.78, 5) is 20.6. The van der Waals surface area contributed by atoms with Crippen molar-refractivity contribution in [2.75, 3.05) is 26.2 Å². The quantitative estimate of drug-likeness (QED) is 0.825.